The van der Waals surface area contributed by atoms with Crippen molar-refractivity contribution in [1.29, 1.82) is 0 Å². The van der Waals surface area contributed by atoms with Gasteiger partial charge in [-0.2, -0.15) is 5.10 Å². The molecule has 2 atom stereocenters. The third kappa shape index (κ3) is 6.13. The van der Waals surface area contributed by atoms with E-state index in [4.69, 9.17) is 4.74 Å². The highest BCUT2D eigenvalue weighted by Crippen LogP contribution is 2.31. The maximum atomic E-state index is 13.6. The number of hydrogen-bond donors (Lipinski definition) is 2. The lowest BCUT2D eigenvalue weighted by Gasteiger charge is -2.25. The topological polar surface area (TPSA) is 109 Å². The number of hydrogen-bond acceptors (Lipinski definition) is 5. The summed E-state index contributed by atoms with van der Waals surface area (Å²) in [5, 5.41) is 9.78. The van der Waals surface area contributed by atoms with Gasteiger partial charge in [-0.15, -0.1) is 0 Å². The van der Waals surface area contributed by atoms with Crippen molar-refractivity contribution in [3.8, 4) is 0 Å². The van der Waals surface area contributed by atoms with Gasteiger partial charge in [-0.05, 0) is 31.4 Å². The van der Waals surface area contributed by atoms with Gasteiger partial charge >= 0.3 is 6.03 Å². The number of nitrogens with zero attached hydrogens (tertiary/aromatic N) is 4. The normalized spacial score (nSPS) is 19.5. The molecular weight excluding hydrogens is 462 g/mol. The van der Waals surface area contributed by atoms with E-state index in [0.29, 0.717) is 12.1 Å². The molecule has 1 saturated heterocycles. The minimum Gasteiger partial charge on any atom is -0.369 e. The van der Waals surface area contributed by atoms with E-state index in [1.54, 1.807) is 31.2 Å². The van der Waals surface area contributed by atoms with Crippen LogP contribution in [0.15, 0.2) is 30.6 Å². The molecule has 0 spiro atoms. The predicted molar refractivity (Wildman–Crippen MR) is 123 cm³/mol. The molecule has 4 amide bonds. The SMILES string of the molecule is CN(C)C(=O)COC[C@@H]1C[C@H](n2cc(NC(=O)C3CC3)cn2)CN1C(=O)Nc1ccc(F)c(F)c1. The van der Waals surface area contributed by atoms with Crippen LogP contribution in [0.2, 0.25) is 0 Å². The minimum absolute atomic E-state index is 0.0275. The summed E-state index contributed by atoms with van der Waals surface area (Å²) in [6, 6.07) is 1.99. The number of rotatable bonds is 8. The second-order valence-corrected chi connectivity index (χ2v) is 9.03. The van der Waals surface area contributed by atoms with Crippen LogP contribution in [0.5, 0.6) is 0 Å². The van der Waals surface area contributed by atoms with Gasteiger partial charge in [0.1, 0.15) is 6.61 Å². The maximum Gasteiger partial charge on any atom is 0.322 e. The van der Waals surface area contributed by atoms with Gasteiger partial charge in [-0.3, -0.25) is 14.3 Å². The number of likely N-dealkylation sites (tertiary alicyclic amines) is 1. The molecular formula is C23H28F2N6O4. The Morgan fingerprint density at radius 2 is 1.91 bits per heavy atom. The van der Waals surface area contributed by atoms with Crippen molar-refractivity contribution in [2.24, 2.45) is 5.92 Å². The first-order valence-electron chi connectivity index (χ1n) is 11.4. The monoisotopic (exact) mass is 490 g/mol. The van der Waals surface area contributed by atoms with Gasteiger partial charge < -0.3 is 25.2 Å². The molecule has 1 aliphatic carbocycles. The quantitative estimate of drug-likeness (QED) is 0.591. The van der Waals surface area contributed by atoms with Crippen molar-refractivity contribution in [1.82, 2.24) is 19.6 Å². The number of aromatic nitrogens is 2. The van der Waals surface area contributed by atoms with E-state index in [1.165, 1.54) is 15.9 Å². The maximum absolute atomic E-state index is 13.6. The number of ether oxygens (including phenoxy) is 1. The highest BCUT2D eigenvalue weighted by molar-refractivity contribution is 5.93. The van der Waals surface area contributed by atoms with Crippen LogP contribution in [0.4, 0.5) is 25.0 Å². The van der Waals surface area contributed by atoms with E-state index in [2.05, 4.69) is 15.7 Å². The fourth-order valence-corrected chi connectivity index (χ4v) is 3.86. The first-order valence-corrected chi connectivity index (χ1v) is 11.4. The average Bonchev–Trinajstić information content (AvgIpc) is 3.43. The highest BCUT2D eigenvalue weighted by atomic mass is 19.2. The Bertz CT molecular complexity index is 1100. The first-order chi connectivity index (χ1) is 16.7. The van der Waals surface area contributed by atoms with Crippen LogP contribution in [0.25, 0.3) is 0 Å². The lowest BCUT2D eigenvalue weighted by Crippen LogP contribution is -2.41. The van der Waals surface area contributed by atoms with Gasteiger partial charge in [0.2, 0.25) is 11.8 Å². The summed E-state index contributed by atoms with van der Waals surface area (Å²) in [6.45, 7) is 0.239. The number of anilines is 2. The molecule has 0 unspecified atom stereocenters. The number of urea groups is 1. The second-order valence-electron chi connectivity index (χ2n) is 9.03. The molecule has 1 aliphatic heterocycles. The molecule has 35 heavy (non-hydrogen) atoms. The lowest BCUT2D eigenvalue weighted by atomic mass is 10.2. The molecule has 2 fully saturated rings. The van der Waals surface area contributed by atoms with Crippen LogP contribution in [0.3, 0.4) is 0 Å². The van der Waals surface area contributed by atoms with E-state index >= 15 is 0 Å². The van der Waals surface area contributed by atoms with Gasteiger partial charge in [0.05, 0.1) is 30.6 Å². The number of likely N-dealkylation sites (N-methyl/N-ethyl adjacent to an activating group) is 1. The van der Waals surface area contributed by atoms with Crippen molar-refractivity contribution >= 4 is 29.2 Å². The van der Waals surface area contributed by atoms with Gasteiger partial charge in [-0.25, -0.2) is 13.6 Å². The van der Waals surface area contributed by atoms with Gasteiger partial charge in [0.25, 0.3) is 0 Å². The summed E-state index contributed by atoms with van der Waals surface area (Å²) in [5.74, 6) is -2.25. The Labute approximate surface area is 201 Å². The van der Waals surface area contributed by atoms with E-state index < -0.39 is 23.7 Å². The number of benzene rings is 1. The molecule has 1 aromatic heterocycles. The summed E-state index contributed by atoms with van der Waals surface area (Å²) in [6.07, 6.45) is 5.55. The molecule has 2 aliphatic rings. The number of amides is 4. The average molecular weight is 491 g/mol. The van der Waals surface area contributed by atoms with Crippen LogP contribution >= 0.6 is 0 Å². The van der Waals surface area contributed by atoms with E-state index in [0.717, 1.165) is 25.0 Å². The highest BCUT2D eigenvalue weighted by Gasteiger charge is 2.37. The Hall–Kier alpha value is -3.54. The molecule has 10 nitrogen and oxygen atoms in total. The van der Waals surface area contributed by atoms with Gasteiger partial charge in [0, 0.05) is 44.5 Å². The van der Waals surface area contributed by atoms with Crippen molar-refractivity contribution in [3.05, 3.63) is 42.2 Å². The zero-order valence-corrected chi connectivity index (χ0v) is 19.5. The molecule has 2 heterocycles. The van der Waals surface area contributed by atoms with Crippen LogP contribution in [-0.2, 0) is 14.3 Å². The number of carbonyl (C=O) groups is 3. The lowest BCUT2D eigenvalue weighted by molar-refractivity contribution is -0.133. The standard InChI is InChI=1S/C23H28F2N6O4/c1-29(2)21(32)13-35-12-18-8-17(31-10-16(9-26-31)27-22(33)14-3-4-14)11-30(18)23(34)28-15-5-6-19(24)20(25)7-15/h5-7,9-10,14,17-18H,3-4,8,11-13H2,1-2H3,(H,27,33)(H,28,34)/t17-,18-/m0/s1. The Morgan fingerprint density at radius 1 is 1.14 bits per heavy atom. The molecule has 2 N–H and O–H groups in total. The molecule has 0 radical (unpaired) electrons. The number of nitrogens with one attached hydrogen (secondary N) is 2. The van der Waals surface area contributed by atoms with E-state index in [1.807, 2.05) is 0 Å². The summed E-state index contributed by atoms with van der Waals surface area (Å²) in [4.78, 5) is 39.8. The van der Waals surface area contributed by atoms with E-state index in [9.17, 15) is 23.2 Å². The molecule has 2 aromatic rings. The Balaban J connectivity index is 1.44. The van der Waals surface area contributed by atoms with Gasteiger partial charge in [0.15, 0.2) is 11.6 Å². The molecule has 4 rings (SSSR count). The second kappa shape index (κ2) is 10.4. The summed E-state index contributed by atoms with van der Waals surface area (Å²) >= 11 is 0. The van der Waals surface area contributed by atoms with Gasteiger partial charge in [-0.1, -0.05) is 0 Å². The van der Waals surface area contributed by atoms with Crippen molar-refractivity contribution < 1.29 is 27.9 Å². The fourth-order valence-electron chi connectivity index (χ4n) is 3.86. The minimum atomic E-state index is -1.07. The number of carbonyl (C=O) groups excluding carboxylic acids is 3. The van der Waals surface area contributed by atoms with Crippen LogP contribution < -0.4 is 10.6 Å². The molecule has 1 saturated carbocycles. The molecule has 0 bridgehead atoms. The Kier molecular flexibility index (Phi) is 7.29. The third-order valence-electron chi connectivity index (χ3n) is 6.05. The number of halogens is 2. The smallest absolute Gasteiger partial charge is 0.322 e. The summed E-state index contributed by atoms with van der Waals surface area (Å²) < 4.78 is 34.1. The van der Waals surface area contributed by atoms with Crippen molar-refractivity contribution in [3.63, 3.8) is 0 Å². The summed E-state index contributed by atoms with van der Waals surface area (Å²) in [5.41, 5.74) is 0.694. The van der Waals surface area contributed by atoms with Crippen LogP contribution in [-0.4, -0.2) is 77.3 Å². The van der Waals surface area contributed by atoms with Crippen LogP contribution in [0.1, 0.15) is 25.3 Å². The zero-order valence-electron chi connectivity index (χ0n) is 19.5. The molecule has 12 heteroatoms. The summed E-state index contributed by atoms with van der Waals surface area (Å²) in [7, 11) is 3.24. The first kappa shape index (κ1) is 24.6. The predicted octanol–water partition coefficient (Wildman–Crippen LogP) is 2.46. The zero-order chi connectivity index (χ0) is 25.1. The fraction of sp³-hybridized carbons (Fsp3) is 0.478. The largest absolute Gasteiger partial charge is 0.369 e. The van der Waals surface area contributed by atoms with Crippen molar-refractivity contribution in [2.45, 2.75) is 31.3 Å². The third-order valence-corrected chi connectivity index (χ3v) is 6.05. The molecule has 188 valence electrons. The van der Waals surface area contributed by atoms with E-state index in [-0.39, 0.29) is 49.2 Å². The Morgan fingerprint density at radius 3 is 2.60 bits per heavy atom. The van der Waals surface area contributed by atoms with Crippen molar-refractivity contribution in [2.75, 3.05) is 44.5 Å². The molecule has 1 aromatic carbocycles. The van der Waals surface area contributed by atoms with Crippen LogP contribution in [0, 0.1) is 17.6 Å².